The Hall–Kier alpha value is -2.23. The quantitative estimate of drug-likeness (QED) is 0.686. The van der Waals surface area contributed by atoms with E-state index >= 15 is 0 Å². The molecule has 2 rings (SSSR count). The van der Waals surface area contributed by atoms with E-state index in [0.717, 1.165) is 11.5 Å². The Morgan fingerprint density at radius 1 is 0.857 bits per heavy atom. The van der Waals surface area contributed by atoms with Crippen LogP contribution in [0.4, 0.5) is 4.39 Å². The molecule has 0 saturated carbocycles. The van der Waals surface area contributed by atoms with Crippen LogP contribution in [-0.4, -0.2) is 19.8 Å². The summed E-state index contributed by atoms with van der Waals surface area (Å²) in [6, 6.07) is 13.9. The molecule has 0 bridgehead atoms. The van der Waals surface area contributed by atoms with E-state index < -0.39 is 0 Å². The van der Waals surface area contributed by atoms with Gasteiger partial charge in [-0.1, -0.05) is 18.2 Å². The van der Waals surface area contributed by atoms with Crippen molar-refractivity contribution in [3.05, 3.63) is 54.3 Å². The topological polar surface area (TPSA) is 27.7 Å². The first-order chi connectivity index (χ1) is 10.3. The van der Waals surface area contributed by atoms with E-state index in [9.17, 15) is 4.39 Å². The van der Waals surface area contributed by atoms with Crippen LogP contribution in [0, 0.1) is 5.82 Å². The van der Waals surface area contributed by atoms with Crippen molar-refractivity contribution in [3.8, 4) is 17.2 Å². The largest absolute Gasteiger partial charge is 0.494 e. The fourth-order valence-corrected chi connectivity index (χ4v) is 1.81. The lowest BCUT2D eigenvalue weighted by molar-refractivity contribution is 0.240. The number of hydrogen-bond acceptors (Lipinski definition) is 3. The molecule has 21 heavy (non-hydrogen) atoms. The lowest BCUT2D eigenvalue weighted by Gasteiger charge is -2.09. The molecule has 0 fully saturated rings. The Kier molecular flexibility index (Phi) is 5.88. The molecule has 0 radical (unpaired) electrons. The molecule has 0 N–H and O–H groups in total. The zero-order chi connectivity index (χ0) is 14.9. The smallest absolute Gasteiger partial charge is 0.165 e. The summed E-state index contributed by atoms with van der Waals surface area (Å²) in [6.07, 6.45) is 0.674. The van der Waals surface area contributed by atoms with Crippen molar-refractivity contribution in [1.82, 2.24) is 0 Å². The number of ether oxygens (including phenoxy) is 3. The van der Waals surface area contributed by atoms with Crippen LogP contribution in [0.5, 0.6) is 17.2 Å². The van der Waals surface area contributed by atoms with Crippen LogP contribution >= 0.6 is 0 Å². The normalized spacial score (nSPS) is 10.2. The third-order valence-electron chi connectivity index (χ3n) is 2.77. The summed E-state index contributed by atoms with van der Waals surface area (Å²) in [5.74, 6) is 1.48. The van der Waals surface area contributed by atoms with Gasteiger partial charge in [0.2, 0.25) is 0 Å². The van der Waals surface area contributed by atoms with Crippen molar-refractivity contribution in [1.29, 1.82) is 0 Å². The molecule has 0 saturated heterocycles. The van der Waals surface area contributed by atoms with Crippen LogP contribution in [0.25, 0.3) is 0 Å². The van der Waals surface area contributed by atoms with E-state index in [4.69, 9.17) is 14.2 Å². The number of hydrogen-bond donors (Lipinski definition) is 0. The highest BCUT2D eigenvalue weighted by Crippen LogP contribution is 2.19. The standard InChI is InChI=1S/C17H19FO3/c1-2-19-14-7-5-8-15(13-14)20-11-6-12-21-17-10-4-3-9-16(17)18/h3-5,7-10,13H,2,6,11-12H2,1H3. The molecule has 2 aromatic carbocycles. The molecule has 3 nitrogen and oxygen atoms in total. The second-order valence-electron chi connectivity index (χ2n) is 4.39. The second kappa shape index (κ2) is 8.15. The highest BCUT2D eigenvalue weighted by Gasteiger charge is 2.01. The first kappa shape index (κ1) is 15.2. The predicted octanol–water partition coefficient (Wildman–Crippen LogP) is 4.07. The van der Waals surface area contributed by atoms with Gasteiger partial charge in [0, 0.05) is 12.5 Å². The van der Waals surface area contributed by atoms with Gasteiger partial charge in [0.25, 0.3) is 0 Å². The molecular weight excluding hydrogens is 271 g/mol. The van der Waals surface area contributed by atoms with Crippen LogP contribution in [0.1, 0.15) is 13.3 Å². The number of benzene rings is 2. The molecule has 112 valence electrons. The van der Waals surface area contributed by atoms with E-state index in [1.165, 1.54) is 6.07 Å². The van der Waals surface area contributed by atoms with Crippen molar-refractivity contribution in [2.24, 2.45) is 0 Å². The molecule has 4 heteroatoms. The van der Waals surface area contributed by atoms with Crippen molar-refractivity contribution in [2.45, 2.75) is 13.3 Å². The maximum atomic E-state index is 13.3. The van der Waals surface area contributed by atoms with Crippen molar-refractivity contribution >= 4 is 0 Å². The van der Waals surface area contributed by atoms with Gasteiger partial charge in [-0.3, -0.25) is 0 Å². The van der Waals surface area contributed by atoms with Crippen molar-refractivity contribution in [3.63, 3.8) is 0 Å². The average Bonchev–Trinajstić information content (AvgIpc) is 2.49. The number of halogens is 1. The van der Waals surface area contributed by atoms with E-state index in [-0.39, 0.29) is 11.6 Å². The predicted molar refractivity (Wildman–Crippen MR) is 79.6 cm³/mol. The fraction of sp³-hybridized carbons (Fsp3) is 0.294. The van der Waals surface area contributed by atoms with Gasteiger partial charge < -0.3 is 14.2 Å². The molecule has 0 aliphatic rings. The zero-order valence-electron chi connectivity index (χ0n) is 12.0. The lowest BCUT2D eigenvalue weighted by Crippen LogP contribution is -2.05. The third kappa shape index (κ3) is 4.99. The molecule has 0 aromatic heterocycles. The van der Waals surface area contributed by atoms with Crippen LogP contribution < -0.4 is 14.2 Å². The molecule has 0 unspecified atom stereocenters. The molecule has 0 atom stereocenters. The zero-order valence-corrected chi connectivity index (χ0v) is 12.0. The Morgan fingerprint density at radius 2 is 1.57 bits per heavy atom. The summed E-state index contributed by atoms with van der Waals surface area (Å²) in [5.41, 5.74) is 0. The first-order valence-electron chi connectivity index (χ1n) is 7.02. The van der Waals surface area contributed by atoms with Crippen molar-refractivity contribution < 1.29 is 18.6 Å². The van der Waals surface area contributed by atoms with Gasteiger partial charge in [0.1, 0.15) is 11.5 Å². The van der Waals surface area contributed by atoms with Crippen LogP contribution in [0.2, 0.25) is 0 Å². The van der Waals surface area contributed by atoms with E-state index in [0.29, 0.717) is 26.2 Å². The number of rotatable bonds is 8. The lowest BCUT2D eigenvalue weighted by atomic mass is 10.3. The highest BCUT2D eigenvalue weighted by molar-refractivity contribution is 5.32. The summed E-state index contributed by atoms with van der Waals surface area (Å²) in [5, 5.41) is 0. The third-order valence-corrected chi connectivity index (χ3v) is 2.77. The minimum atomic E-state index is -0.345. The maximum Gasteiger partial charge on any atom is 0.165 e. The second-order valence-corrected chi connectivity index (χ2v) is 4.39. The Labute approximate surface area is 124 Å². The monoisotopic (exact) mass is 290 g/mol. The molecule has 0 aliphatic carbocycles. The van der Waals surface area contributed by atoms with Gasteiger partial charge in [-0.05, 0) is 31.2 Å². The van der Waals surface area contributed by atoms with E-state index in [1.807, 2.05) is 31.2 Å². The molecular formula is C17H19FO3. The van der Waals surface area contributed by atoms with Gasteiger partial charge in [0.15, 0.2) is 11.6 Å². The molecule has 0 aliphatic heterocycles. The highest BCUT2D eigenvalue weighted by atomic mass is 19.1. The minimum Gasteiger partial charge on any atom is -0.494 e. The van der Waals surface area contributed by atoms with Crippen LogP contribution in [0.15, 0.2) is 48.5 Å². The van der Waals surface area contributed by atoms with E-state index in [1.54, 1.807) is 18.2 Å². The summed E-state index contributed by atoms with van der Waals surface area (Å²) in [6.45, 7) is 3.48. The van der Waals surface area contributed by atoms with E-state index in [2.05, 4.69) is 0 Å². The molecule has 2 aromatic rings. The Balaban J connectivity index is 1.70. The summed E-state index contributed by atoms with van der Waals surface area (Å²) in [7, 11) is 0. The van der Waals surface area contributed by atoms with Gasteiger partial charge in [-0.15, -0.1) is 0 Å². The SMILES string of the molecule is CCOc1cccc(OCCCOc2ccccc2F)c1. The van der Waals surface area contributed by atoms with Crippen molar-refractivity contribution in [2.75, 3.05) is 19.8 Å². The van der Waals surface area contributed by atoms with Crippen LogP contribution in [-0.2, 0) is 0 Å². The van der Waals surface area contributed by atoms with Gasteiger partial charge >= 0.3 is 0 Å². The summed E-state index contributed by atoms with van der Waals surface area (Å²) < 4.78 is 29.7. The average molecular weight is 290 g/mol. The van der Waals surface area contributed by atoms with Gasteiger partial charge in [-0.2, -0.15) is 0 Å². The summed E-state index contributed by atoms with van der Waals surface area (Å²) >= 11 is 0. The number of para-hydroxylation sites is 1. The fourth-order valence-electron chi connectivity index (χ4n) is 1.81. The maximum absolute atomic E-state index is 13.3. The van der Waals surface area contributed by atoms with Gasteiger partial charge in [0.05, 0.1) is 19.8 Å². The van der Waals surface area contributed by atoms with Gasteiger partial charge in [-0.25, -0.2) is 4.39 Å². The Bertz CT molecular complexity index is 557. The molecule has 0 spiro atoms. The first-order valence-corrected chi connectivity index (χ1v) is 7.02. The summed E-state index contributed by atoms with van der Waals surface area (Å²) in [4.78, 5) is 0. The van der Waals surface area contributed by atoms with Crippen LogP contribution in [0.3, 0.4) is 0 Å². The minimum absolute atomic E-state index is 0.274. The Morgan fingerprint density at radius 3 is 2.33 bits per heavy atom. The molecule has 0 amide bonds. The molecule has 0 heterocycles.